The Labute approximate surface area is 47.4 Å². The first-order valence-corrected chi connectivity index (χ1v) is 0.943. The third-order valence-corrected chi connectivity index (χ3v) is 0. The molecule has 0 aromatic carbocycles. The molecular weight excluding hydrogens is 114 g/mol. The summed E-state index contributed by atoms with van der Waals surface area (Å²) < 4.78 is 0. The van der Waals surface area contributed by atoms with Crippen LogP contribution in [0.2, 0.25) is 0 Å². The fourth-order valence-electron chi connectivity index (χ4n) is 0. The van der Waals surface area contributed by atoms with E-state index in [1.54, 1.807) is 0 Å². The van der Waals surface area contributed by atoms with Gasteiger partial charge in [0.2, 0.25) is 0 Å². The summed E-state index contributed by atoms with van der Waals surface area (Å²) in [5.41, 5.74) is 0. The normalized spacial score (nSPS) is 4.00. The number of rotatable bonds is 0. The molecule has 0 atom stereocenters. The molecule has 0 aliphatic rings. The molecule has 0 saturated heterocycles. The predicted molar refractivity (Wildman–Crippen MR) is 17.3 cm³/mol. The van der Waals surface area contributed by atoms with Crippen molar-refractivity contribution in [2.24, 2.45) is 0 Å². The summed E-state index contributed by atoms with van der Waals surface area (Å²) >= 11 is 0. The molecular formula is B2O4Si. The van der Waals surface area contributed by atoms with Gasteiger partial charge in [-0.25, -0.2) is 15.4 Å². The second kappa shape index (κ2) is 34.8. The molecule has 0 bridgehead atoms. The Morgan fingerprint density at radius 1 is 0.714 bits per heavy atom. The minimum atomic E-state index is -0.500. The van der Waals surface area contributed by atoms with Gasteiger partial charge in [-0.2, -0.15) is 0 Å². The van der Waals surface area contributed by atoms with E-state index in [9.17, 15) is 0 Å². The molecule has 0 fully saturated rings. The molecule has 0 amide bonds. The number of hydrogen-bond donors (Lipinski definition) is 0. The third-order valence-electron chi connectivity index (χ3n) is 0. The van der Waals surface area contributed by atoms with E-state index in [-0.39, 0.29) is 11.0 Å². The molecule has 0 unspecified atom stereocenters. The van der Waals surface area contributed by atoms with Gasteiger partial charge in [-0.15, -0.1) is 0 Å². The quantitative estimate of drug-likeness (QED) is 0.293. The van der Waals surface area contributed by atoms with Gasteiger partial charge in [-0.1, -0.05) is 0 Å². The van der Waals surface area contributed by atoms with Crippen LogP contribution in [-0.4, -0.2) is 26.3 Å². The Balaban J connectivity index is -0.0000000400. The topological polar surface area (TPSA) is 92.2 Å². The van der Waals surface area contributed by atoms with Gasteiger partial charge in [0.05, 0.1) is 0 Å². The van der Waals surface area contributed by atoms with Crippen molar-refractivity contribution in [3.8, 4) is 0 Å². The van der Waals surface area contributed by atoms with Gasteiger partial charge < -0.3 is 20.1 Å². The Bertz CT molecular complexity index is 11.7. The van der Waals surface area contributed by atoms with E-state index in [0.29, 0.717) is 0 Å². The number of hydrogen-bond acceptors (Lipinski definition) is 4. The Morgan fingerprint density at radius 2 is 0.714 bits per heavy atom. The van der Waals surface area contributed by atoms with E-state index < -0.39 is 15.4 Å². The van der Waals surface area contributed by atoms with Crippen LogP contribution in [-0.2, 0) is 0 Å². The molecule has 7 heavy (non-hydrogen) atoms. The molecule has 2 radical (unpaired) electrons. The van der Waals surface area contributed by atoms with Crippen LogP contribution in [0.15, 0.2) is 0 Å². The van der Waals surface area contributed by atoms with Crippen LogP contribution in [0.1, 0.15) is 0 Å². The first kappa shape index (κ1) is 15.7. The van der Waals surface area contributed by atoms with Crippen molar-refractivity contribution in [1.29, 1.82) is 0 Å². The monoisotopic (exact) mass is 114 g/mol. The van der Waals surface area contributed by atoms with Gasteiger partial charge in [-0.3, -0.25) is 0 Å². The van der Waals surface area contributed by atoms with E-state index in [1.165, 1.54) is 0 Å². The van der Waals surface area contributed by atoms with Crippen molar-refractivity contribution in [3.05, 3.63) is 0 Å². The van der Waals surface area contributed by atoms with Gasteiger partial charge in [0.1, 0.15) is 0 Å². The van der Waals surface area contributed by atoms with Crippen molar-refractivity contribution >= 4 is 26.3 Å². The molecule has 34 valence electrons. The maximum absolute atomic E-state index is 8.25. The summed E-state index contributed by atoms with van der Waals surface area (Å²) in [6.45, 7) is 0. The van der Waals surface area contributed by atoms with Crippen LogP contribution in [0.5, 0.6) is 0 Å². The van der Waals surface area contributed by atoms with Crippen molar-refractivity contribution in [2.45, 2.75) is 0 Å². The summed E-state index contributed by atoms with van der Waals surface area (Å²) in [5, 5.41) is 33.0. The molecule has 0 aliphatic heterocycles. The maximum atomic E-state index is 8.25. The fourth-order valence-corrected chi connectivity index (χ4v) is 0. The average molecular weight is 114 g/mol. The molecule has 0 N–H and O–H groups in total. The second-order valence-corrected chi connectivity index (χ2v) is 0.192. The van der Waals surface area contributed by atoms with E-state index in [4.69, 9.17) is 20.1 Å². The zero-order valence-electron chi connectivity index (χ0n) is 3.29. The Hall–Kier alpha value is 0.187. The van der Waals surface area contributed by atoms with E-state index in [2.05, 4.69) is 0 Å². The van der Waals surface area contributed by atoms with Crippen LogP contribution in [0, 0.1) is 0 Å². The summed E-state index contributed by atoms with van der Waals surface area (Å²) in [6.07, 6.45) is 0. The van der Waals surface area contributed by atoms with Crippen molar-refractivity contribution in [1.82, 2.24) is 0 Å². The molecule has 4 nitrogen and oxygen atoms in total. The zero-order chi connectivity index (χ0) is 5.41. The largest absolute Gasteiger partial charge is 4.00 e. The van der Waals surface area contributed by atoms with Gasteiger partial charge in [-0.05, 0) is 0 Å². The molecule has 0 heterocycles. The van der Waals surface area contributed by atoms with Gasteiger partial charge >= 0.3 is 11.0 Å². The zero-order valence-corrected chi connectivity index (χ0v) is 4.29. The summed E-state index contributed by atoms with van der Waals surface area (Å²) in [5.74, 6) is 0. The van der Waals surface area contributed by atoms with Gasteiger partial charge in [0, 0.05) is 0 Å². The van der Waals surface area contributed by atoms with Crippen molar-refractivity contribution < 1.29 is 20.1 Å². The molecule has 0 aromatic heterocycles. The van der Waals surface area contributed by atoms with Crippen LogP contribution in [0.3, 0.4) is 0 Å². The van der Waals surface area contributed by atoms with Gasteiger partial charge in [0.15, 0.2) is 0 Å². The molecule has 0 aromatic rings. The minimum Gasteiger partial charge on any atom is -0.900 e. The van der Waals surface area contributed by atoms with Crippen LogP contribution in [0.25, 0.3) is 0 Å². The summed E-state index contributed by atoms with van der Waals surface area (Å²) in [4.78, 5) is 0. The molecule has 7 heteroatoms. The van der Waals surface area contributed by atoms with Crippen LogP contribution in [0.4, 0.5) is 0 Å². The van der Waals surface area contributed by atoms with E-state index in [1.807, 2.05) is 0 Å². The Morgan fingerprint density at radius 3 is 0.714 bits per heavy atom. The van der Waals surface area contributed by atoms with Crippen LogP contribution >= 0.6 is 0 Å². The average Bonchev–Trinajstić information content (AvgIpc) is 1.39. The Kier molecular flexibility index (Phi) is 78.0. The molecule has 0 saturated carbocycles. The van der Waals surface area contributed by atoms with Crippen LogP contribution < -0.4 is 20.1 Å². The van der Waals surface area contributed by atoms with Gasteiger partial charge in [0.25, 0.3) is 0 Å². The maximum Gasteiger partial charge on any atom is 4.00 e. The minimum absolute atomic E-state index is 0. The first-order chi connectivity index (χ1) is 2.83. The fraction of sp³-hybridized carbons (Fsp3) is 0. The van der Waals surface area contributed by atoms with Crippen molar-refractivity contribution in [3.63, 3.8) is 0 Å². The summed E-state index contributed by atoms with van der Waals surface area (Å²) in [6, 6.07) is 0. The van der Waals surface area contributed by atoms with E-state index >= 15 is 0 Å². The van der Waals surface area contributed by atoms with E-state index in [0.717, 1.165) is 0 Å². The molecule has 0 spiro atoms. The SMILES string of the molecule is [O-][B][O-].[O-][B][O-].[Si+4]. The van der Waals surface area contributed by atoms with Crippen molar-refractivity contribution in [2.75, 3.05) is 0 Å². The first-order valence-electron chi connectivity index (χ1n) is 0.943. The predicted octanol–water partition coefficient (Wildman–Crippen LogP) is -5.90. The summed E-state index contributed by atoms with van der Waals surface area (Å²) in [7, 11) is -1.00. The third kappa shape index (κ3) is 3110. The second-order valence-electron chi connectivity index (χ2n) is 0.192. The molecule has 0 aliphatic carbocycles. The standard InChI is InChI=1S/2BO2.Si/c2*2-1-3;/q2*-2;+4. The smallest absolute Gasteiger partial charge is 0.900 e. The molecule has 0 rings (SSSR count).